The molecular formula is C24H21N3O4. The van der Waals surface area contributed by atoms with Crippen molar-refractivity contribution in [2.75, 3.05) is 10.6 Å². The Balaban J connectivity index is 1.95. The smallest absolute Gasteiger partial charge is 0.281 e. The predicted molar refractivity (Wildman–Crippen MR) is 120 cm³/mol. The molecule has 4 rings (SSSR count). The van der Waals surface area contributed by atoms with Crippen molar-refractivity contribution in [3.05, 3.63) is 92.5 Å². The number of aryl methyl sites for hydroxylation is 1. The Morgan fingerprint density at radius 3 is 2.23 bits per heavy atom. The van der Waals surface area contributed by atoms with E-state index < -0.39 is 16.5 Å². The third-order valence-corrected chi connectivity index (χ3v) is 5.11. The van der Waals surface area contributed by atoms with E-state index in [1.165, 1.54) is 18.2 Å². The summed E-state index contributed by atoms with van der Waals surface area (Å²) < 4.78 is 0. The zero-order valence-corrected chi connectivity index (χ0v) is 17.4. The van der Waals surface area contributed by atoms with Gasteiger partial charge in [0.05, 0.1) is 21.7 Å². The summed E-state index contributed by atoms with van der Waals surface area (Å²) in [6.45, 7) is 5.79. The van der Waals surface area contributed by atoms with Crippen LogP contribution in [0.3, 0.4) is 0 Å². The van der Waals surface area contributed by atoms with Gasteiger partial charge < -0.3 is 10.6 Å². The molecule has 7 heteroatoms. The number of anilines is 3. The molecule has 0 heterocycles. The summed E-state index contributed by atoms with van der Waals surface area (Å²) in [5, 5.41) is 18.0. The van der Waals surface area contributed by atoms with Gasteiger partial charge in [-0.1, -0.05) is 18.2 Å². The Morgan fingerprint density at radius 1 is 0.871 bits per heavy atom. The van der Waals surface area contributed by atoms with E-state index in [-0.39, 0.29) is 34.0 Å². The highest BCUT2D eigenvalue weighted by atomic mass is 16.6. The fraction of sp³-hybridized carbons (Fsp3) is 0.167. The van der Waals surface area contributed by atoms with Gasteiger partial charge in [-0.25, -0.2) is 0 Å². The molecule has 0 bridgehead atoms. The third kappa shape index (κ3) is 3.54. The van der Waals surface area contributed by atoms with E-state index >= 15 is 0 Å². The molecule has 0 atom stereocenters. The Morgan fingerprint density at radius 2 is 1.55 bits per heavy atom. The van der Waals surface area contributed by atoms with Gasteiger partial charge in [0.15, 0.2) is 5.78 Å². The molecule has 1 aliphatic carbocycles. The number of rotatable bonds is 5. The normalized spacial score (nSPS) is 12.4. The lowest BCUT2D eigenvalue weighted by Crippen LogP contribution is -2.26. The highest BCUT2D eigenvalue weighted by molar-refractivity contribution is 6.33. The number of benzene rings is 3. The van der Waals surface area contributed by atoms with Crippen LogP contribution < -0.4 is 10.6 Å². The first-order chi connectivity index (χ1) is 14.8. The SMILES string of the molecule is Cc1cccc(Nc2ccc(NC(C)C)c3c2C(=O)c2cccc([N+](=O)[O-])c2C3=O)c1. The van der Waals surface area contributed by atoms with Crippen molar-refractivity contribution in [3.8, 4) is 0 Å². The van der Waals surface area contributed by atoms with E-state index in [1.807, 2.05) is 45.0 Å². The van der Waals surface area contributed by atoms with Gasteiger partial charge in [0.25, 0.3) is 5.69 Å². The summed E-state index contributed by atoms with van der Waals surface area (Å²) in [7, 11) is 0. The number of hydrogen-bond acceptors (Lipinski definition) is 6. The predicted octanol–water partition coefficient (Wildman–Crippen LogP) is 5.24. The number of hydrogen-bond donors (Lipinski definition) is 2. The molecule has 1 aliphatic rings. The zero-order valence-electron chi connectivity index (χ0n) is 17.4. The van der Waals surface area contributed by atoms with Crippen LogP contribution in [0.1, 0.15) is 51.3 Å². The standard InChI is InChI=1S/C24H21N3O4/c1-13(2)25-17-10-11-18(26-15-7-4-6-14(3)12-15)21-22(17)24(29)20-16(23(21)28)8-5-9-19(20)27(30)31/h4-13,25-26H,1-3H3. The molecule has 3 aromatic rings. The third-order valence-electron chi connectivity index (χ3n) is 5.11. The fourth-order valence-electron chi connectivity index (χ4n) is 3.87. The van der Waals surface area contributed by atoms with Crippen molar-refractivity contribution >= 4 is 34.3 Å². The number of carbonyl (C=O) groups excluding carboxylic acids is 2. The van der Waals surface area contributed by atoms with Crippen LogP contribution in [-0.4, -0.2) is 22.5 Å². The van der Waals surface area contributed by atoms with Gasteiger partial charge in [-0.05, 0) is 56.7 Å². The van der Waals surface area contributed by atoms with Crippen molar-refractivity contribution in [1.29, 1.82) is 0 Å². The van der Waals surface area contributed by atoms with E-state index in [0.717, 1.165) is 11.3 Å². The number of nitrogens with zero attached hydrogens (tertiary/aromatic N) is 1. The zero-order chi connectivity index (χ0) is 22.3. The van der Waals surface area contributed by atoms with Crippen molar-refractivity contribution in [1.82, 2.24) is 0 Å². The van der Waals surface area contributed by atoms with Crippen LogP contribution in [0, 0.1) is 17.0 Å². The van der Waals surface area contributed by atoms with Crippen LogP contribution >= 0.6 is 0 Å². The molecule has 0 spiro atoms. The van der Waals surface area contributed by atoms with Gasteiger partial charge >= 0.3 is 0 Å². The summed E-state index contributed by atoms with van der Waals surface area (Å²) in [6.07, 6.45) is 0. The molecule has 156 valence electrons. The molecule has 2 N–H and O–H groups in total. The largest absolute Gasteiger partial charge is 0.382 e. The van der Waals surface area contributed by atoms with Crippen molar-refractivity contribution in [2.24, 2.45) is 0 Å². The quantitative estimate of drug-likeness (QED) is 0.341. The molecule has 0 unspecified atom stereocenters. The monoisotopic (exact) mass is 415 g/mol. The molecule has 0 aromatic heterocycles. The second-order valence-corrected chi connectivity index (χ2v) is 7.82. The minimum Gasteiger partial charge on any atom is -0.382 e. The van der Waals surface area contributed by atoms with Crippen LogP contribution in [0.25, 0.3) is 0 Å². The lowest BCUT2D eigenvalue weighted by Gasteiger charge is -2.24. The number of nitro benzene ring substituents is 1. The van der Waals surface area contributed by atoms with Crippen molar-refractivity contribution < 1.29 is 14.5 Å². The minimum absolute atomic E-state index is 0.00487. The Labute approximate surface area is 179 Å². The highest BCUT2D eigenvalue weighted by Gasteiger charge is 2.38. The first-order valence-electron chi connectivity index (χ1n) is 9.92. The summed E-state index contributed by atoms with van der Waals surface area (Å²) in [4.78, 5) is 37.9. The molecule has 0 aliphatic heterocycles. The topological polar surface area (TPSA) is 101 Å². The van der Waals surface area contributed by atoms with E-state index in [2.05, 4.69) is 10.6 Å². The van der Waals surface area contributed by atoms with Crippen molar-refractivity contribution in [2.45, 2.75) is 26.8 Å². The maximum Gasteiger partial charge on any atom is 0.281 e. The van der Waals surface area contributed by atoms with Gasteiger partial charge in [-0.3, -0.25) is 19.7 Å². The van der Waals surface area contributed by atoms with Gasteiger partial charge in [0.2, 0.25) is 5.78 Å². The molecule has 31 heavy (non-hydrogen) atoms. The molecule has 0 radical (unpaired) electrons. The Hall–Kier alpha value is -4.00. The first-order valence-corrected chi connectivity index (χ1v) is 9.92. The van der Waals surface area contributed by atoms with Crippen molar-refractivity contribution in [3.63, 3.8) is 0 Å². The number of nitro groups is 1. The average molecular weight is 415 g/mol. The van der Waals surface area contributed by atoms with E-state index in [0.29, 0.717) is 11.4 Å². The molecule has 7 nitrogen and oxygen atoms in total. The molecule has 0 saturated carbocycles. The van der Waals surface area contributed by atoms with Crippen LogP contribution in [-0.2, 0) is 0 Å². The van der Waals surface area contributed by atoms with Gasteiger partial charge in [0.1, 0.15) is 5.56 Å². The summed E-state index contributed by atoms with van der Waals surface area (Å²) >= 11 is 0. The van der Waals surface area contributed by atoms with E-state index in [1.54, 1.807) is 12.1 Å². The van der Waals surface area contributed by atoms with E-state index in [9.17, 15) is 19.7 Å². The molecule has 0 fully saturated rings. The lowest BCUT2D eigenvalue weighted by atomic mass is 9.81. The molecular weight excluding hydrogens is 394 g/mol. The Bertz CT molecular complexity index is 1250. The van der Waals surface area contributed by atoms with Gasteiger partial charge in [0, 0.05) is 29.0 Å². The second kappa shape index (κ2) is 7.68. The number of carbonyl (C=O) groups is 2. The summed E-state index contributed by atoms with van der Waals surface area (Å²) in [5.41, 5.74) is 2.65. The molecule has 0 amide bonds. The molecule has 0 saturated heterocycles. The number of ketones is 2. The average Bonchev–Trinajstić information content (AvgIpc) is 2.72. The van der Waals surface area contributed by atoms with Crippen LogP contribution in [0.15, 0.2) is 54.6 Å². The second-order valence-electron chi connectivity index (χ2n) is 7.82. The highest BCUT2D eigenvalue weighted by Crippen LogP contribution is 2.40. The maximum atomic E-state index is 13.5. The van der Waals surface area contributed by atoms with Crippen LogP contribution in [0.4, 0.5) is 22.7 Å². The van der Waals surface area contributed by atoms with Gasteiger partial charge in [-0.15, -0.1) is 0 Å². The lowest BCUT2D eigenvalue weighted by molar-refractivity contribution is -0.385. The summed E-state index contributed by atoms with van der Waals surface area (Å²) in [5.74, 6) is -0.955. The fourth-order valence-corrected chi connectivity index (χ4v) is 3.87. The first kappa shape index (κ1) is 20.3. The summed E-state index contributed by atoms with van der Waals surface area (Å²) in [6, 6.07) is 15.3. The van der Waals surface area contributed by atoms with Gasteiger partial charge in [-0.2, -0.15) is 0 Å². The molecule has 3 aromatic carbocycles. The maximum absolute atomic E-state index is 13.5. The van der Waals surface area contributed by atoms with E-state index in [4.69, 9.17) is 0 Å². The minimum atomic E-state index is -0.626. The Kier molecular flexibility index (Phi) is 5.02. The number of fused-ring (bicyclic) bond motifs is 2. The van der Waals surface area contributed by atoms with Crippen LogP contribution in [0.5, 0.6) is 0 Å². The number of nitrogens with one attached hydrogen (secondary N) is 2. The van der Waals surface area contributed by atoms with Crippen LogP contribution in [0.2, 0.25) is 0 Å².